The number of methoxy groups -OCH3 is 1. The number of nitrogens with zero attached hydrogens (tertiary/aromatic N) is 1. The Hall–Kier alpha value is 0.137. The lowest BCUT2D eigenvalue weighted by atomic mass is 10.1. The second kappa shape index (κ2) is 3.34. The van der Waals surface area contributed by atoms with E-state index in [2.05, 4.69) is 25.5 Å². The van der Waals surface area contributed by atoms with Crippen LogP contribution >= 0.6 is 0 Å². The Labute approximate surface area is 60.7 Å². The summed E-state index contributed by atoms with van der Waals surface area (Å²) in [6.07, 6.45) is 0. The van der Waals surface area contributed by atoms with Crippen molar-refractivity contribution >= 4 is 10.4 Å². The van der Waals surface area contributed by atoms with Crippen LogP contribution < -0.4 is 0 Å². The van der Waals surface area contributed by atoms with Crippen LogP contribution in [0.25, 0.3) is 0 Å². The SMILES string of the molecule is COCC(C)(C)N(C)[SiH3]. The van der Waals surface area contributed by atoms with Gasteiger partial charge in [0.1, 0.15) is 0 Å². The molecular formula is C6H17NOSi. The second-order valence-electron chi connectivity index (χ2n) is 3.14. The predicted molar refractivity (Wildman–Crippen MR) is 43.7 cm³/mol. The molecule has 0 amide bonds. The van der Waals surface area contributed by atoms with Crippen molar-refractivity contribution in [2.45, 2.75) is 19.4 Å². The van der Waals surface area contributed by atoms with Gasteiger partial charge in [-0.3, -0.25) is 0 Å². The highest BCUT2D eigenvalue weighted by Gasteiger charge is 2.18. The van der Waals surface area contributed by atoms with E-state index in [1.54, 1.807) is 7.11 Å². The molecule has 9 heavy (non-hydrogen) atoms. The summed E-state index contributed by atoms with van der Waals surface area (Å²) in [6, 6.07) is 0. The minimum Gasteiger partial charge on any atom is -0.383 e. The monoisotopic (exact) mass is 147 g/mol. The van der Waals surface area contributed by atoms with Crippen LogP contribution in [-0.2, 0) is 4.74 Å². The van der Waals surface area contributed by atoms with Gasteiger partial charge in [0, 0.05) is 12.6 Å². The van der Waals surface area contributed by atoms with Crippen LogP contribution in [0.2, 0.25) is 0 Å². The van der Waals surface area contributed by atoms with Gasteiger partial charge >= 0.3 is 0 Å². The molecule has 0 spiro atoms. The molecule has 0 atom stereocenters. The van der Waals surface area contributed by atoms with Gasteiger partial charge in [0.05, 0.1) is 17.0 Å². The molecule has 0 aliphatic rings. The van der Waals surface area contributed by atoms with Crippen molar-refractivity contribution in [1.29, 1.82) is 0 Å². The first kappa shape index (κ1) is 9.14. The van der Waals surface area contributed by atoms with Crippen molar-refractivity contribution in [2.75, 3.05) is 20.8 Å². The molecule has 0 radical (unpaired) electrons. The third kappa shape index (κ3) is 2.98. The van der Waals surface area contributed by atoms with E-state index in [0.29, 0.717) is 0 Å². The van der Waals surface area contributed by atoms with Crippen LogP contribution in [0.15, 0.2) is 0 Å². The van der Waals surface area contributed by atoms with Crippen molar-refractivity contribution < 1.29 is 4.74 Å². The Morgan fingerprint density at radius 1 is 1.56 bits per heavy atom. The van der Waals surface area contributed by atoms with Crippen LogP contribution in [-0.4, -0.2) is 41.3 Å². The van der Waals surface area contributed by atoms with E-state index in [9.17, 15) is 0 Å². The first-order chi connectivity index (χ1) is 4.00. The standard InChI is InChI=1S/C6H17NOSi/c1-6(2,5-8-4)7(3)9/h5H2,1-4,9H3. The van der Waals surface area contributed by atoms with Gasteiger partial charge < -0.3 is 9.30 Å². The minimum absolute atomic E-state index is 0.223. The zero-order valence-corrected chi connectivity index (χ0v) is 9.06. The first-order valence-electron chi connectivity index (χ1n) is 3.17. The van der Waals surface area contributed by atoms with E-state index in [4.69, 9.17) is 4.74 Å². The van der Waals surface area contributed by atoms with Gasteiger partial charge in [-0.25, -0.2) is 0 Å². The average Bonchev–Trinajstić information content (AvgIpc) is 1.65. The predicted octanol–water partition coefficient (Wildman–Crippen LogP) is -0.376. The topological polar surface area (TPSA) is 12.5 Å². The molecule has 0 rings (SSSR count). The molecule has 56 valence electrons. The summed E-state index contributed by atoms with van der Waals surface area (Å²) in [5.41, 5.74) is 0.223. The Balaban J connectivity index is 3.70. The van der Waals surface area contributed by atoms with Crippen LogP contribution in [0.3, 0.4) is 0 Å². The molecule has 0 saturated heterocycles. The lowest BCUT2D eigenvalue weighted by Gasteiger charge is -2.31. The maximum Gasteiger partial charge on any atom is 0.0788 e. The Bertz CT molecular complexity index is 83.1. The van der Waals surface area contributed by atoms with Gasteiger partial charge in [-0.2, -0.15) is 0 Å². The normalized spacial score (nSPS) is 13.0. The summed E-state index contributed by atoms with van der Waals surface area (Å²) < 4.78 is 7.34. The van der Waals surface area contributed by atoms with Gasteiger partial charge in [-0.05, 0) is 20.9 Å². The molecule has 2 nitrogen and oxygen atoms in total. The molecule has 0 aromatic heterocycles. The van der Waals surface area contributed by atoms with Crippen molar-refractivity contribution in [3.8, 4) is 0 Å². The van der Waals surface area contributed by atoms with Crippen LogP contribution in [0, 0.1) is 0 Å². The lowest BCUT2D eigenvalue weighted by Crippen LogP contribution is -2.43. The molecule has 0 fully saturated rings. The largest absolute Gasteiger partial charge is 0.383 e. The van der Waals surface area contributed by atoms with Gasteiger partial charge in [-0.15, -0.1) is 0 Å². The van der Waals surface area contributed by atoms with E-state index in [1.807, 2.05) is 0 Å². The van der Waals surface area contributed by atoms with Gasteiger partial charge in [0.15, 0.2) is 0 Å². The third-order valence-electron chi connectivity index (χ3n) is 1.71. The number of hydrogen-bond acceptors (Lipinski definition) is 2. The second-order valence-corrected chi connectivity index (χ2v) is 4.48. The van der Waals surface area contributed by atoms with Crippen molar-refractivity contribution in [3.63, 3.8) is 0 Å². The maximum atomic E-state index is 5.05. The maximum absolute atomic E-state index is 5.05. The molecule has 0 aromatic carbocycles. The molecule has 0 saturated carbocycles. The molecule has 0 bridgehead atoms. The van der Waals surface area contributed by atoms with Crippen LogP contribution in [0.4, 0.5) is 0 Å². The smallest absolute Gasteiger partial charge is 0.0788 e. The van der Waals surface area contributed by atoms with Gasteiger partial charge in [0.2, 0.25) is 0 Å². The third-order valence-corrected chi connectivity index (χ3v) is 2.92. The molecular weight excluding hydrogens is 130 g/mol. The molecule has 0 heterocycles. The summed E-state index contributed by atoms with van der Waals surface area (Å²) in [4.78, 5) is 0. The Morgan fingerprint density at radius 3 is 2.11 bits per heavy atom. The summed E-state index contributed by atoms with van der Waals surface area (Å²) >= 11 is 0. The number of ether oxygens (including phenoxy) is 1. The fourth-order valence-corrected chi connectivity index (χ4v) is 0.611. The molecule has 0 N–H and O–H groups in total. The Kier molecular flexibility index (Phi) is 3.39. The molecule has 0 aliphatic carbocycles. The highest BCUT2D eigenvalue weighted by molar-refractivity contribution is 6.04. The van der Waals surface area contributed by atoms with E-state index in [0.717, 1.165) is 17.0 Å². The van der Waals surface area contributed by atoms with Crippen molar-refractivity contribution in [2.24, 2.45) is 0 Å². The summed E-state index contributed by atoms with van der Waals surface area (Å²) in [5.74, 6) is 0. The zero-order chi connectivity index (χ0) is 7.49. The highest BCUT2D eigenvalue weighted by atomic mass is 28.2. The van der Waals surface area contributed by atoms with Crippen molar-refractivity contribution in [3.05, 3.63) is 0 Å². The minimum atomic E-state index is 0.223. The molecule has 0 aliphatic heterocycles. The first-order valence-corrected chi connectivity index (χ1v) is 4.06. The fourth-order valence-electron chi connectivity index (χ4n) is 0.482. The van der Waals surface area contributed by atoms with Gasteiger partial charge in [0.25, 0.3) is 0 Å². The van der Waals surface area contributed by atoms with Crippen LogP contribution in [0.1, 0.15) is 13.8 Å². The average molecular weight is 147 g/mol. The summed E-state index contributed by atoms with van der Waals surface area (Å²) in [7, 11) is 4.95. The fraction of sp³-hybridized carbons (Fsp3) is 1.00. The molecule has 3 heteroatoms. The summed E-state index contributed by atoms with van der Waals surface area (Å²) in [6.45, 7) is 5.18. The van der Waals surface area contributed by atoms with E-state index < -0.39 is 0 Å². The van der Waals surface area contributed by atoms with E-state index in [1.165, 1.54) is 0 Å². The molecule has 0 aromatic rings. The highest BCUT2D eigenvalue weighted by Crippen LogP contribution is 2.08. The Morgan fingerprint density at radius 2 is 2.00 bits per heavy atom. The number of likely N-dealkylation sites (N-methyl/N-ethyl adjacent to an activating group) is 1. The summed E-state index contributed by atoms with van der Waals surface area (Å²) in [5, 5.41) is 0. The quantitative estimate of drug-likeness (QED) is 0.505. The van der Waals surface area contributed by atoms with Crippen molar-refractivity contribution in [1.82, 2.24) is 4.57 Å². The van der Waals surface area contributed by atoms with E-state index >= 15 is 0 Å². The molecule has 0 unspecified atom stereocenters. The lowest BCUT2D eigenvalue weighted by molar-refractivity contribution is 0.0948. The zero-order valence-electron chi connectivity index (χ0n) is 7.06. The number of rotatable bonds is 3. The van der Waals surface area contributed by atoms with Gasteiger partial charge in [-0.1, -0.05) is 0 Å². The van der Waals surface area contributed by atoms with E-state index in [-0.39, 0.29) is 5.54 Å². The number of hydrogen-bond donors (Lipinski definition) is 0. The van der Waals surface area contributed by atoms with Crippen LogP contribution in [0.5, 0.6) is 0 Å².